The summed E-state index contributed by atoms with van der Waals surface area (Å²) in [7, 11) is 0. The second kappa shape index (κ2) is 7.09. The number of para-hydroxylation sites is 1. The van der Waals surface area contributed by atoms with E-state index in [1.165, 1.54) is 22.8 Å². The first-order chi connectivity index (χ1) is 12.1. The Morgan fingerprint density at radius 3 is 2.28 bits per heavy atom. The Morgan fingerprint density at radius 1 is 0.920 bits per heavy atom. The molecule has 6 heteroatoms. The van der Waals surface area contributed by atoms with E-state index < -0.39 is 28.8 Å². The molecule has 1 N–H and O–H groups in total. The van der Waals surface area contributed by atoms with Gasteiger partial charge in [-0.15, -0.1) is 0 Å². The van der Waals surface area contributed by atoms with Gasteiger partial charge in [0.15, 0.2) is 0 Å². The van der Waals surface area contributed by atoms with E-state index in [0.29, 0.717) is 0 Å². The molecule has 25 heavy (non-hydrogen) atoms. The second-order valence-corrected chi connectivity index (χ2v) is 5.39. The third-order valence-corrected chi connectivity index (χ3v) is 3.66. The van der Waals surface area contributed by atoms with Crippen LogP contribution in [0.25, 0.3) is 0 Å². The van der Waals surface area contributed by atoms with Gasteiger partial charge < -0.3 is 9.88 Å². The highest BCUT2D eigenvalue weighted by molar-refractivity contribution is 6.04. The smallest absolute Gasteiger partial charge is 0.263 e. The van der Waals surface area contributed by atoms with Crippen LogP contribution < -0.4 is 10.9 Å². The third kappa shape index (κ3) is 3.63. The van der Waals surface area contributed by atoms with Crippen LogP contribution in [-0.4, -0.2) is 10.5 Å². The minimum absolute atomic E-state index is 0.193. The first-order valence-corrected chi connectivity index (χ1v) is 7.55. The summed E-state index contributed by atoms with van der Waals surface area (Å²) in [6.45, 7) is 0.287. The zero-order valence-corrected chi connectivity index (χ0v) is 13.1. The highest BCUT2D eigenvalue weighted by Crippen LogP contribution is 2.18. The predicted octanol–water partition coefficient (Wildman–Crippen LogP) is 3.43. The largest absolute Gasteiger partial charge is 0.317 e. The van der Waals surface area contributed by atoms with Crippen LogP contribution in [0.5, 0.6) is 0 Å². The number of carbonyl (C=O) groups is 1. The Labute approximate surface area is 142 Å². The molecule has 0 saturated carbocycles. The lowest BCUT2D eigenvalue weighted by Crippen LogP contribution is -2.29. The first kappa shape index (κ1) is 16.6. The van der Waals surface area contributed by atoms with Gasteiger partial charge in [0.2, 0.25) is 0 Å². The van der Waals surface area contributed by atoms with Crippen LogP contribution in [0.2, 0.25) is 0 Å². The zero-order chi connectivity index (χ0) is 17.8. The lowest BCUT2D eigenvalue weighted by atomic mass is 10.2. The third-order valence-electron chi connectivity index (χ3n) is 3.66. The fraction of sp³-hybridized carbons (Fsp3) is 0.0526. The number of nitrogens with zero attached hydrogens (tertiary/aromatic N) is 1. The molecule has 0 unspecified atom stereocenters. The number of hydrogen-bond donors (Lipinski definition) is 1. The van der Waals surface area contributed by atoms with E-state index >= 15 is 0 Å². The van der Waals surface area contributed by atoms with E-state index in [4.69, 9.17) is 0 Å². The van der Waals surface area contributed by atoms with Crippen molar-refractivity contribution in [1.82, 2.24) is 4.57 Å². The number of pyridine rings is 1. The summed E-state index contributed by atoms with van der Waals surface area (Å²) in [6.07, 6.45) is 1.55. The summed E-state index contributed by atoms with van der Waals surface area (Å²) in [5.41, 5.74) is -0.422. The van der Waals surface area contributed by atoms with Gasteiger partial charge in [0.25, 0.3) is 11.5 Å². The minimum Gasteiger partial charge on any atom is -0.317 e. The zero-order valence-electron chi connectivity index (χ0n) is 13.1. The lowest BCUT2D eigenvalue weighted by molar-refractivity contribution is 0.102. The van der Waals surface area contributed by atoms with E-state index in [-0.39, 0.29) is 12.1 Å². The van der Waals surface area contributed by atoms with E-state index in [1.807, 2.05) is 30.3 Å². The van der Waals surface area contributed by atoms with E-state index in [0.717, 1.165) is 17.7 Å². The summed E-state index contributed by atoms with van der Waals surface area (Å²) in [5.74, 6) is -2.68. The summed E-state index contributed by atoms with van der Waals surface area (Å²) in [4.78, 5) is 24.8. The van der Waals surface area contributed by atoms with Crippen molar-refractivity contribution in [3.63, 3.8) is 0 Å². The molecular weight excluding hydrogens is 326 g/mol. The molecule has 1 heterocycles. The highest BCUT2D eigenvalue weighted by Gasteiger charge is 2.16. The molecule has 0 spiro atoms. The molecule has 0 saturated heterocycles. The van der Waals surface area contributed by atoms with Crippen molar-refractivity contribution in [1.29, 1.82) is 0 Å². The first-order valence-electron chi connectivity index (χ1n) is 7.55. The van der Waals surface area contributed by atoms with Crippen LogP contribution in [0.15, 0.2) is 71.7 Å². The van der Waals surface area contributed by atoms with Crippen molar-refractivity contribution in [3.05, 3.63) is 100.0 Å². The summed E-state index contributed by atoms with van der Waals surface area (Å²) >= 11 is 0. The number of benzene rings is 2. The van der Waals surface area contributed by atoms with Gasteiger partial charge in [-0.05, 0) is 29.8 Å². The Bertz CT molecular complexity index is 948. The molecule has 0 bridgehead atoms. The van der Waals surface area contributed by atoms with Gasteiger partial charge in [0.05, 0.1) is 6.54 Å². The average molecular weight is 340 g/mol. The van der Waals surface area contributed by atoms with E-state index in [2.05, 4.69) is 5.32 Å². The molecule has 0 aliphatic carbocycles. The summed E-state index contributed by atoms with van der Waals surface area (Å²) in [5, 5.41) is 2.12. The van der Waals surface area contributed by atoms with Gasteiger partial charge in [0.1, 0.15) is 22.9 Å². The molecule has 1 amide bonds. The van der Waals surface area contributed by atoms with Crippen molar-refractivity contribution in [2.24, 2.45) is 0 Å². The molecule has 3 aromatic rings. The van der Waals surface area contributed by atoms with Crippen LogP contribution >= 0.6 is 0 Å². The summed E-state index contributed by atoms with van der Waals surface area (Å²) < 4.78 is 28.7. The lowest BCUT2D eigenvalue weighted by Gasteiger charge is -2.10. The maximum atomic E-state index is 13.7. The molecule has 1 aromatic heterocycles. The Kier molecular flexibility index (Phi) is 4.70. The molecule has 0 aliphatic heterocycles. The maximum Gasteiger partial charge on any atom is 0.263 e. The average Bonchev–Trinajstić information content (AvgIpc) is 2.61. The molecule has 0 atom stereocenters. The molecular formula is C19H14F2N2O2. The van der Waals surface area contributed by atoms with Crippen LogP contribution in [0, 0.1) is 11.6 Å². The quantitative estimate of drug-likeness (QED) is 0.791. The predicted molar refractivity (Wildman–Crippen MR) is 90.6 cm³/mol. The number of aromatic nitrogens is 1. The molecule has 0 radical (unpaired) electrons. The van der Waals surface area contributed by atoms with E-state index in [9.17, 15) is 18.4 Å². The number of rotatable bonds is 4. The highest BCUT2D eigenvalue weighted by atomic mass is 19.1. The van der Waals surface area contributed by atoms with Gasteiger partial charge >= 0.3 is 0 Å². The SMILES string of the molecule is O=C(Nc1c(F)cccc1F)c1cccn(Cc2ccccc2)c1=O. The van der Waals surface area contributed by atoms with Crippen LogP contribution in [0.3, 0.4) is 0 Å². The van der Waals surface area contributed by atoms with Crippen molar-refractivity contribution in [2.45, 2.75) is 6.54 Å². The number of halogens is 2. The van der Waals surface area contributed by atoms with Gasteiger partial charge in [-0.1, -0.05) is 36.4 Å². The maximum absolute atomic E-state index is 13.7. The van der Waals surface area contributed by atoms with Gasteiger partial charge in [-0.25, -0.2) is 8.78 Å². The topological polar surface area (TPSA) is 51.1 Å². The van der Waals surface area contributed by atoms with Gasteiger partial charge in [-0.2, -0.15) is 0 Å². The Hall–Kier alpha value is -3.28. The molecule has 0 aliphatic rings. The second-order valence-electron chi connectivity index (χ2n) is 5.39. The van der Waals surface area contributed by atoms with Crippen LogP contribution in [0.4, 0.5) is 14.5 Å². The standard InChI is InChI=1S/C19H14F2N2O2/c20-15-9-4-10-16(21)17(15)22-18(24)14-8-5-11-23(19(14)25)12-13-6-2-1-3-7-13/h1-11H,12H2,(H,22,24). The minimum atomic E-state index is -0.908. The molecule has 2 aromatic carbocycles. The summed E-state index contributed by atoms with van der Waals surface area (Å²) in [6, 6.07) is 15.4. The number of anilines is 1. The fourth-order valence-corrected chi connectivity index (χ4v) is 2.41. The Morgan fingerprint density at radius 2 is 1.60 bits per heavy atom. The molecule has 0 fully saturated rings. The van der Waals surface area contributed by atoms with Crippen LogP contribution in [-0.2, 0) is 6.54 Å². The van der Waals surface area contributed by atoms with Crippen LogP contribution in [0.1, 0.15) is 15.9 Å². The van der Waals surface area contributed by atoms with Crippen molar-refractivity contribution in [2.75, 3.05) is 5.32 Å². The number of carbonyl (C=O) groups excluding carboxylic acids is 1. The molecule has 4 nitrogen and oxygen atoms in total. The number of amides is 1. The normalized spacial score (nSPS) is 10.5. The van der Waals surface area contributed by atoms with E-state index in [1.54, 1.807) is 6.20 Å². The Balaban J connectivity index is 1.89. The number of hydrogen-bond acceptors (Lipinski definition) is 2. The molecule has 126 valence electrons. The van der Waals surface area contributed by atoms with Gasteiger partial charge in [0, 0.05) is 6.20 Å². The van der Waals surface area contributed by atoms with Crippen molar-refractivity contribution < 1.29 is 13.6 Å². The van der Waals surface area contributed by atoms with Gasteiger partial charge in [-0.3, -0.25) is 9.59 Å². The fourth-order valence-electron chi connectivity index (χ4n) is 2.41. The number of nitrogens with one attached hydrogen (secondary N) is 1. The van der Waals surface area contributed by atoms with Crippen molar-refractivity contribution in [3.8, 4) is 0 Å². The van der Waals surface area contributed by atoms with Crippen molar-refractivity contribution >= 4 is 11.6 Å². The molecule has 3 rings (SSSR count). The monoisotopic (exact) mass is 340 g/mol.